The number of fused-ring (bicyclic) bond motifs is 1. The lowest BCUT2D eigenvalue weighted by atomic mass is 9.79. The summed E-state index contributed by atoms with van der Waals surface area (Å²) in [6.45, 7) is 8.56. The molecule has 1 saturated carbocycles. The Labute approximate surface area is 331 Å². The van der Waals surface area contributed by atoms with Gasteiger partial charge in [-0.05, 0) is 88.2 Å². The van der Waals surface area contributed by atoms with Crippen molar-refractivity contribution in [2.24, 2.45) is 5.92 Å². The van der Waals surface area contributed by atoms with Gasteiger partial charge in [0.2, 0.25) is 5.91 Å². The predicted octanol–water partition coefficient (Wildman–Crippen LogP) is 5.30. The lowest BCUT2D eigenvalue weighted by Gasteiger charge is -2.43. The number of benzene rings is 1. The van der Waals surface area contributed by atoms with Crippen LogP contribution < -0.4 is 20.4 Å². The first-order valence-corrected chi connectivity index (χ1v) is 19.8. The fourth-order valence-electron chi connectivity index (χ4n) is 8.41. The van der Waals surface area contributed by atoms with E-state index >= 15 is 0 Å². The molecule has 5 aromatic rings. The summed E-state index contributed by atoms with van der Waals surface area (Å²) in [6.07, 6.45) is 13.9. The fourth-order valence-corrected chi connectivity index (χ4v) is 8.41. The largest absolute Gasteiger partial charge is 0.368 e. The van der Waals surface area contributed by atoms with Crippen molar-refractivity contribution in [3.8, 4) is 23.6 Å². The summed E-state index contributed by atoms with van der Waals surface area (Å²) in [5.41, 5.74) is 5.32. The van der Waals surface area contributed by atoms with Crippen molar-refractivity contribution >= 4 is 40.0 Å². The summed E-state index contributed by atoms with van der Waals surface area (Å²) in [6, 6.07) is 15.7. The molecule has 0 bridgehead atoms. The average molecular weight is 767 g/mol. The molecule has 16 nitrogen and oxygen atoms in total. The minimum atomic E-state index is -0.468. The number of hydrogen-bond donors (Lipinski definition) is 2. The van der Waals surface area contributed by atoms with Crippen molar-refractivity contribution < 1.29 is 9.59 Å². The van der Waals surface area contributed by atoms with Gasteiger partial charge >= 0.3 is 6.03 Å². The maximum Gasteiger partial charge on any atom is 0.328 e. The van der Waals surface area contributed by atoms with Crippen molar-refractivity contribution in [2.45, 2.75) is 76.8 Å². The SMILES string of the molecule is CC[C@@H]1CN(CCC2CCC(c3cn(-c4cnc(-n5ncc6cc(C#N)cnc65)cc4N[C@H](C)C#N)nn3)CC2)CCN1c1ccc(N2CCC(=O)NC2=O)cc1. The summed E-state index contributed by atoms with van der Waals surface area (Å²) in [7, 11) is 0. The molecular formula is C41H46N14O2. The van der Waals surface area contributed by atoms with Crippen LogP contribution in [0, 0.1) is 28.6 Å². The third kappa shape index (κ3) is 7.99. The van der Waals surface area contributed by atoms with Gasteiger partial charge in [-0.3, -0.25) is 19.9 Å². The lowest BCUT2D eigenvalue weighted by Crippen LogP contribution is -2.53. The number of nitriles is 2. The second-order valence-corrected chi connectivity index (χ2v) is 15.3. The topological polar surface area (TPSA) is 190 Å². The number of pyridine rings is 2. The van der Waals surface area contributed by atoms with Crippen molar-refractivity contribution in [3.05, 3.63) is 72.4 Å². The van der Waals surface area contributed by atoms with Crippen molar-refractivity contribution in [1.82, 2.24) is 45.0 Å². The molecule has 292 valence electrons. The summed E-state index contributed by atoms with van der Waals surface area (Å²) < 4.78 is 3.35. The molecule has 3 aliphatic rings. The quantitative estimate of drug-likeness (QED) is 0.177. The number of aromatic nitrogens is 7. The van der Waals surface area contributed by atoms with Gasteiger partial charge in [0.25, 0.3) is 0 Å². The molecule has 2 saturated heterocycles. The highest BCUT2D eigenvalue weighted by Crippen LogP contribution is 2.37. The number of imide groups is 1. The van der Waals surface area contributed by atoms with Gasteiger partial charge in [0.1, 0.15) is 17.8 Å². The molecule has 1 aliphatic carbocycles. The summed E-state index contributed by atoms with van der Waals surface area (Å²) >= 11 is 0. The van der Waals surface area contributed by atoms with E-state index in [9.17, 15) is 20.1 Å². The molecule has 3 fully saturated rings. The first-order valence-electron chi connectivity index (χ1n) is 19.8. The van der Waals surface area contributed by atoms with Crippen LogP contribution in [0.3, 0.4) is 0 Å². The lowest BCUT2D eigenvalue weighted by molar-refractivity contribution is -0.120. The Bertz CT molecular complexity index is 2330. The van der Waals surface area contributed by atoms with E-state index in [1.54, 1.807) is 39.6 Å². The van der Waals surface area contributed by atoms with E-state index in [1.807, 2.05) is 24.4 Å². The number of nitrogens with one attached hydrogen (secondary N) is 2. The Balaban J connectivity index is 0.855. The fraction of sp³-hybridized carbons (Fsp3) is 0.439. The number of piperazine rings is 1. The van der Waals surface area contributed by atoms with Crippen molar-refractivity contribution in [2.75, 3.05) is 47.8 Å². The van der Waals surface area contributed by atoms with E-state index in [0.29, 0.717) is 59.2 Å². The van der Waals surface area contributed by atoms with Crippen LogP contribution in [-0.2, 0) is 4.79 Å². The number of nitrogens with zero attached hydrogens (tertiary/aromatic N) is 12. The summed E-state index contributed by atoms with van der Waals surface area (Å²) in [5.74, 6) is 1.31. The first kappa shape index (κ1) is 37.5. The Morgan fingerprint density at radius 1 is 0.982 bits per heavy atom. The Morgan fingerprint density at radius 3 is 2.54 bits per heavy atom. The maximum absolute atomic E-state index is 12.3. The number of rotatable bonds is 11. The Hall–Kier alpha value is -6.39. The number of amides is 3. The van der Waals surface area contributed by atoms with Crippen LogP contribution >= 0.6 is 0 Å². The summed E-state index contributed by atoms with van der Waals surface area (Å²) in [5, 5.41) is 38.8. The van der Waals surface area contributed by atoms with E-state index in [2.05, 4.69) is 77.0 Å². The highest BCUT2D eigenvalue weighted by molar-refractivity contribution is 6.05. The monoisotopic (exact) mass is 766 g/mol. The molecule has 0 unspecified atom stereocenters. The van der Waals surface area contributed by atoms with E-state index in [1.165, 1.54) is 18.3 Å². The van der Waals surface area contributed by atoms with Gasteiger partial charge < -0.3 is 10.2 Å². The number of anilines is 3. The Kier molecular flexibility index (Phi) is 10.8. The van der Waals surface area contributed by atoms with Crippen LogP contribution in [0.5, 0.6) is 0 Å². The van der Waals surface area contributed by atoms with Crippen LogP contribution in [0.1, 0.15) is 76.0 Å². The van der Waals surface area contributed by atoms with E-state index in [-0.39, 0.29) is 11.9 Å². The van der Waals surface area contributed by atoms with Gasteiger partial charge in [0.15, 0.2) is 11.5 Å². The molecule has 2 atom stereocenters. The second kappa shape index (κ2) is 16.4. The number of hydrogen-bond acceptors (Lipinski definition) is 12. The molecule has 4 aromatic heterocycles. The standard InChI is InChI=1S/C41H46N14O2/c1-3-32-25-51(16-17-52(32)33-8-10-34(11-9-33)53-15-13-39(56)48-41(53)57)14-12-28-4-6-30(7-5-28)36-26-54(50-49-36)37-24-44-38(19-35(37)47-27(2)20-42)55-40-31(23-46-55)18-29(21-43)22-45-40/h8-11,18-19,22-24,26-28,30,32H,3-7,12-17,25H2,1-2H3,(H,44,47)(H,48,56,57)/t27-,28?,30?,32-/m1/s1. The molecule has 2 N–H and O–H groups in total. The van der Waals surface area contributed by atoms with Gasteiger partial charge in [-0.1, -0.05) is 12.1 Å². The zero-order valence-electron chi connectivity index (χ0n) is 32.3. The summed E-state index contributed by atoms with van der Waals surface area (Å²) in [4.78, 5) is 39.7. The number of carbonyl (C=O) groups is 2. The third-order valence-corrected chi connectivity index (χ3v) is 11.6. The second-order valence-electron chi connectivity index (χ2n) is 15.3. The van der Waals surface area contributed by atoms with Crippen molar-refractivity contribution in [3.63, 3.8) is 0 Å². The average Bonchev–Trinajstić information content (AvgIpc) is 3.91. The molecule has 6 heterocycles. The minimum absolute atomic E-state index is 0.224. The predicted molar refractivity (Wildman–Crippen MR) is 214 cm³/mol. The van der Waals surface area contributed by atoms with Crippen LogP contribution in [0.2, 0.25) is 0 Å². The zero-order valence-corrected chi connectivity index (χ0v) is 32.3. The molecule has 57 heavy (non-hydrogen) atoms. The molecule has 0 radical (unpaired) electrons. The number of carbonyl (C=O) groups excluding carboxylic acids is 2. The highest BCUT2D eigenvalue weighted by atomic mass is 16.2. The molecule has 8 rings (SSSR count). The molecular weight excluding hydrogens is 721 g/mol. The van der Waals surface area contributed by atoms with E-state index < -0.39 is 6.04 Å². The Morgan fingerprint density at radius 2 is 1.79 bits per heavy atom. The molecule has 0 spiro atoms. The molecule has 1 aromatic carbocycles. The molecule has 2 aliphatic heterocycles. The first-order chi connectivity index (χ1) is 27.8. The maximum atomic E-state index is 12.3. The zero-order chi connectivity index (χ0) is 39.5. The van der Waals surface area contributed by atoms with Crippen LogP contribution in [-0.4, -0.2) is 96.4 Å². The van der Waals surface area contributed by atoms with E-state index in [0.717, 1.165) is 75.1 Å². The highest BCUT2D eigenvalue weighted by Gasteiger charge is 2.30. The van der Waals surface area contributed by atoms with Gasteiger partial charge in [-0.2, -0.15) is 20.3 Å². The van der Waals surface area contributed by atoms with Gasteiger partial charge in [0.05, 0.1) is 41.6 Å². The van der Waals surface area contributed by atoms with Crippen LogP contribution in [0.25, 0.3) is 22.5 Å². The van der Waals surface area contributed by atoms with E-state index in [4.69, 9.17) is 0 Å². The van der Waals surface area contributed by atoms with Gasteiger partial charge in [-0.25, -0.2) is 19.4 Å². The normalized spacial score (nSPS) is 20.9. The smallest absolute Gasteiger partial charge is 0.328 e. The van der Waals surface area contributed by atoms with Gasteiger partial charge in [0, 0.05) is 73.6 Å². The van der Waals surface area contributed by atoms with Crippen molar-refractivity contribution in [1.29, 1.82) is 10.5 Å². The number of urea groups is 1. The molecule has 3 amide bonds. The van der Waals surface area contributed by atoms with Crippen LogP contribution in [0.15, 0.2) is 61.2 Å². The minimum Gasteiger partial charge on any atom is -0.368 e. The third-order valence-electron chi connectivity index (χ3n) is 11.6. The molecule has 16 heteroatoms. The van der Waals surface area contributed by atoms with Crippen LogP contribution in [0.4, 0.5) is 21.9 Å². The van der Waals surface area contributed by atoms with Gasteiger partial charge in [-0.15, -0.1) is 5.10 Å².